The first kappa shape index (κ1) is 17.9. The molecule has 0 aliphatic heterocycles. The Balaban J connectivity index is 2.00. The summed E-state index contributed by atoms with van der Waals surface area (Å²) in [5.74, 6) is 1.38. The summed E-state index contributed by atoms with van der Waals surface area (Å²) in [7, 11) is 0. The van der Waals surface area contributed by atoms with Crippen molar-refractivity contribution in [3.8, 4) is 0 Å². The fraction of sp³-hybridized carbons (Fsp3) is 0.647. The number of aryl methyl sites for hydroxylation is 2. The van der Waals surface area contributed by atoms with Crippen molar-refractivity contribution >= 4 is 23.5 Å². The third kappa shape index (κ3) is 4.77. The molecule has 6 heteroatoms. The first-order valence-electron chi connectivity index (χ1n) is 8.16. The number of nitrogens with zero attached hydrogens (tertiary/aromatic N) is 2. The monoisotopic (exact) mass is 335 g/mol. The van der Waals surface area contributed by atoms with Gasteiger partial charge < -0.3 is 5.32 Å². The largest absolute Gasteiger partial charge is 0.352 e. The van der Waals surface area contributed by atoms with E-state index in [1.807, 2.05) is 0 Å². The molecule has 23 heavy (non-hydrogen) atoms. The minimum Gasteiger partial charge on any atom is -0.352 e. The number of aromatic nitrogens is 2. The number of Topliss-reactive ketones (excluding diaryl/α,β-unsaturated/α-hetero) is 1. The number of amides is 1. The molecule has 1 N–H and O–H groups in total. The van der Waals surface area contributed by atoms with Gasteiger partial charge in [0.15, 0.2) is 5.78 Å². The molecule has 0 spiro atoms. The van der Waals surface area contributed by atoms with Crippen LogP contribution in [0.2, 0.25) is 0 Å². The molecule has 1 fully saturated rings. The number of rotatable bonds is 5. The smallest absolute Gasteiger partial charge is 0.230 e. The van der Waals surface area contributed by atoms with Gasteiger partial charge in [-0.25, -0.2) is 9.97 Å². The van der Waals surface area contributed by atoms with Gasteiger partial charge in [0.25, 0.3) is 0 Å². The van der Waals surface area contributed by atoms with Gasteiger partial charge in [-0.3, -0.25) is 9.59 Å². The molecule has 1 aliphatic rings. The highest BCUT2D eigenvalue weighted by molar-refractivity contribution is 8.00. The van der Waals surface area contributed by atoms with Crippen LogP contribution >= 0.6 is 11.8 Å². The number of hydrogen-bond donors (Lipinski definition) is 1. The van der Waals surface area contributed by atoms with E-state index in [2.05, 4.69) is 22.2 Å². The molecule has 5 nitrogen and oxygen atoms in total. The second kappa shape index (κ2) is 7.90. The van der Waals surface area contributed by atoms with Gasteiger partial charge >= 0.3 is 0 Å². The van der Waals surface area contributed by atoms with E-state index in [-0.39, 0.29) is 23.5 Å². The Labute approximate surface area is 142 Å². The Morgan fingerprint density at radius 3 is 2.57 bits per heavy atom. The minimum atomic E-state index is -0.0636. The van der Waals surface area contributed by atoms with Gasteiger partial charge in [0.05, 0.1) is 17.0 Å². The molecule has 0 radical (unpaired) electrons. The van der Waals surface area contributed by atoms with Crippen molar-refractivity contribution in [1.82, 2.24) is 15.3 Å². The number of nitrogens with one attached hydrogen (secondary N) is 1. The summed E-state index contributed by atoms with van der Waals surface area (Å²) in [6.07, 6.45) is 4.67. The molecule has 2 atom stereocenters. The van der Waals surface area contributed by atoms with Crippen LogP contribution in [0.3, 0.4) is 0 Å². The first-order valence-corrected chi connectivity index (χ1v) is 9.15. The lowest BCUT2D eigenvalue weighted by Gasteiger charge is -2.29. The zero-order valence-electron chi connectivity index (χ0n) is 14.3. The van der Waals surface area contributed by atoms with Crippen LogP contribution in [0.15, 0.2) is 5.03 Å². The zero-order valence-corrected chi connectivity index (χ0v) is 15.1. The molecule has 1 aromatic rings. The van der Waals surface area contributed by atoms with Gasteiger partial charge in [0.1, 0.15) is 10.9 Å². The van der Waals surface area contributed by atoms with Gasteiger partial charge in [-0.15, -0.1) is 0 Å². The average molecular weight is 335 g/mol. The van der Waals surface area contributed by atoms with Crippen LogP contribution in [0.5, 0.6) is 0 Å². The van der Waals surface area contributed by atoms with Gasteiger partial charge in [-0.1, -0.05) is 31.5 Å². The SMILES string of the molecule is CC(=O)c1c(C)nc(C)nc1SCC(=O)N[C@H]1CCCC[C@@H]1C. The standard InChI is InChI=1S/C17H25N3O2S/c1-10-7-5-6-8-14(10)20-15(22)9-23-17-16(12(3)21)11(2)18-13(4)19-17/h10,14H,5-9H2,1-4H3,(H,20,22)/t10-,14-/m0/s1. The van der Waals surface area contributed by atoms with Crippen molar-refractivity contribution in [2.75, 3.05) is 5.75 Å². The summed E-state index contributed by atoms with van der Waals surface area (Å²) in [5.41, 5.74) is 1.20. The lowest BCUT2D eigenvalue weighted by molar-refractivity contribution is -0.119. The quantitative estimate of drug-likeness (QED) is 0.508. The molecular formula is C17H25N3O2S. The highest BCUT2D eigenvalue weighted by atomic mass is 32.2. The maximum absolute atomic E-state index is 12.2. The second-order valence-corrected chi connectivity index (χ2v) is 7.28. The molecule has 1 heterocycles. The molecule has 0 unspecified atom stereocenters. The summed E-state index contributed by atoms with van der Waals surface area (Å²) in [6, 6.07) is 0.276. The van der Waals surface area contributed by atoms with E-state index in [4.69, 9.17) is 0 Å². The van der Waals surface area contributed by atoms with Gasteiger partial charge in [0.2, 0.25) is 5.91 Å². The number of hydrogen-bond acceptors (Lipinski definition) is 5. The molecule has 126 valence electrons. The van der Waals surface area contributed by atoms with Crippen LogP contribution in [0.25, 0.3) is 0 Å². The maximum atomic E-state index is 12.2. The summed E-state index contributed by atoms with van der Waals surface area (Å²) in [5, 5.41) is 3.73. The molecule has 1 saturated carbocycles. The van der Waals surface area contributed by atoms with E-state index in [1.165, 1.54) is 37.9 Å². The Hall–Kier alpha value is -1.43. The normalized spacial score (nSPS) is 21.0. The molecule has 0 aromatic carbocycles. The van der Waals surface area contributed by atoms with Crippen LogP contribution in [-0.4, -0.2) is 33.5 Å². The zero-order chi connectivity index (χ0) is 17.0. The van der Waals surface area contributed by atoms with Crippen molar-refractivity contribution in [2.24, 2.45) is 5.92 Å². The van der Waals surface area contributed by atoms with Crippen molar-refractivity contribution in [3.05, 3.63) is 17.1 Å². The number of carbonyl (C=O) groups excluding carboxylic acids is 2. The van der Waals surface area contributed by atoms with Gasteiger partial charge in [0, 0.05) is 6.04 Å². The average Bonchev–Trinajstić information content (AvgIpc) is 2.46. The van der Waals surface area contributed by atoms with E-state index in [0.29, 0.717) is 28.0 Å². The number of ketones is 1. The van der Waals surface area contributed by atoms with Crippen molar-refractivity contribution in [3.63, 3.8) is 0 Å². The Bertz CT molecular complexity index is 604. The van der Waals surface area contributed by atoms with Crippen LogP contribution < -0.4 is 5.32 Å². The number of thioether (sulfide) groups is 1. The Morgan fingerprint density at radius 2 is 1.91 bits per heavy atom. The van der Waals surface area contributed by atoms with Crippen LogP contribution in [0, 0.1) is 19.8 Å². The molecular weight excluding hydrogens is 310 g/mol. The van der Waals surface area contributed by atoms with E-state index < -0.39 is 0 Å². The number of carbonyl (C=O) groups is 2. The Kier molecular flexibility index (Phi) is 6.16. The third-order valence-corrected chi connectivity index (χ3v) is 5.29. The lowest BCUT2D eigenvalue weighted by atomic mass is 9.86. The molecule has 0 saturated heterocycles. The summed E-state index contributed by atoms with van der Waals surface area (Å²) < 4.78 is 0. The van der Waals surface area contributed by atoms with Crippen LogP contribution in [0.4, 0.5) is 0 Å². The van der Waals surface area contributed by atoms with E-state index in [0.717, 1.165) is 6.42 Å². The highest BCUT2D eigenvalue weighted by Crippen LogP contribution is 2.25. The summed E-state index contributed by atoms with van der Waals surface area (Å²) in [6.45, 7) is 7.31. The van der Waals surface area contributed by atoms with Crippen molar-refractivity contribution in [1.29, 1.82) is 0 Å². The lowest BCUT2D eigenvalue weighted by Crippen LogP contribution is -2.41. The van der Waals surface area contributed by atoms with Crippen molar-refractivity contribution < 1.29 is 9.59 Å². The van der Waals surface area contributed by atoms with Gasteiger partial charge in [-0.2, -0.15) is 0 Å². The second-order valence-electron chi connectivity index (χ2n) is 6.32. The van der Waals surface area contributed by atoms with E-state index in [1.54, 1.807) is 13.8 Å². The predicted octanol–water partition coefficient (Wildman–Crippen LogP) is 3.08. The van der Waals surface area contributed by atoms with Crippen molar-refractivity contribution in [2.45, 2.75) is 64.4 Å². The molecule has 1 aromatic heterocycles. The molecule has 2 rings (SSSR count). The fourth-order valence-corrected chi connectivity index (χ4v) is 4.09. The van der Waals surface area contributed by atoms with E-state index in [9.17, 15) is 9.59 Å². The highest BCUT2D eigenvalue weighted by Gasteiger charge is 2.23. The molecule has 1 amide bonds. The Morgan fingerprint density at radius 1 is 1.22 bits per heavy atom. The third-order valence-electron chi connectivity index (χ3n) is 4.32. The molecule has 0 bridgehead atoms. The fourth-order valence-electron chi connectivity index (χ4n) is 3.10. The summed E-state index contributed by atoms with van der Waals surface area (Å²) >= 11 is 1.32. The maximum Gasteiger partial charge on any atom is 0.230 e. The first-order chi connectivity index (χ1) is 10.9. The summed E-state index contributed by atoms with van der Waals surface area (Å²) in [4.78, 5) is 32.6. The van der Waals surface area contributed by atoms with Gasteiger partial charge in [-0.05, 0) is 39.5 Å². The topological polar surface area (TPSA) is 72.0 Å². The van der Waals surface area contributed by atoms with E-state index >= 15 is 0 Å². The predicted molar refractivity (Wildman–Crippen MR) is 91.8 cm³/mol. The minimum absolute atomic E-state index is 0.0113. The van der Waals surface area contributed by atoms with Crippen LogP contribution in [0.1, 0.15) is 61.4 Å². The molecule has 1 aliphatic carbocycles. The van der Waals surface area contributed by atoms with Crippen LogP contribution in [-0.2, 0) is 4.79 Å².